The quantitative estimate of drug-likeness (QED) is 0.832. The van der Waals surface area contributed by atoms with Crippen LogP contribution in [0.1, 0.15) is 69.1 Å². The Hall–Kier alpha value is -0.830. The van der Waals surface area contributed by atoms with Crippen LogP contribution >= 0.6 is 0 Å². The van der Waals surface area contributed by atoms with Gasteiger partial charge in [0.1, 0.15) is 0 Å². The zero-order valence-corrected chi connectivity index (χ0v) is 11.2. The van der Waals surface area contributed by atoms with Crippen molar-refractivity contribution < 1.29 is 0 Å². The third-order valence-corrected chi connectivity index (χ3v) is 3.32. The molecule has 0 spiro atoms. The van der Waals surface area contributed by atoms with Crippen molar-refractivity contribution in [3.05, 3.63) is 17.0 Å². The molecule has 0 bridgehead atoms. The minimum absolute atomic E-state index is 0.127. The Kier molecular flexibility index (Phi) is 4.54. The summed E-state index contributed by atoms with van der Waals surface area (Å²) < 4.78 is 2.14. The Morgan fingerprint density at radius 3 is 2.44 bits per heavy atom. The summed E-state index contributed by atoms with van der Waals surface area (Å²) in [7, 11) is 0. The van der Waals surface area contributed by atoms with Crippen molar-refractivity contribution in [2.45, 2.75) is 66.0 Å². The van der Waals surface area contributed by atoms with Crippen molar-refractivity contribution in [2.75, 3.05) is 0 Å². The predicted octanol–water partition coefficient (Wildman–Crippen LogP) is 3.27. The number of nitrogens with two attached hydrogens (primary N) is 1. The second-order valence-corrected chi connectivity index (χ2v) is 4.68. The standard InChI is InChI=1S/C13H25N3/c1-6-8-9(3)16-11(5)13(10(4)15-16)12(14)7-2/h9,12H,6-8,14H2,1-5H3. The molecule has 1 aromatic heterocycles. The van der Waals surface area contributed by atoms with Crippen LogP contribution in [0.25, 0.3) is 0 Å². The van der Waals surface area contributed by atoms with Crippen molar-refractivity contribution in [2.24, 2.45) is 5.73 Å². The fourth-order valence-electron chi connectivity index (χ4n) is 2.39. The molecule has 1 heterocycles. The average Bonchev–Trinajstić information content (AvgIpc) is 2.54. The van der Waals surface area contributed by atoms with E-state index in [-0.39, 0.29) is 6.04 Å². The molecule has 3 heteroatoms. The van der Waals surface area contributed by atoms with Gasteiger partial charge in [-0.1, -0.05) is 20.3 Å². The highest BCUT2D eigenvalue weighted by Gasteiger charge is 2.18. The van der Waals surface area contributed by atoms with Crippen molar-refractivity contribution in [1.29, 1.82) is 0 Å². The first-order chi connectivity index (χ1) is 7.52. The topological polar surface area (TPSA) is 43.8 Å². The van der Waals surface area contributed by atoms with Crippen LogP contribution in [0.5, 0.6) is 0 Å². The third kappa shape index (κ3) is 2.46. The molecule has 2 N–H and O–H groups in total. The van der Waals surface area contributed by atoms with Crippen LogP contribution in [0.4, 0.5) is 0 Å². The van der Waals surface area contributed by atoms with Gasteiger partial charge in [0.25, 0.3) is 0 Å². The summed E-state index contributed by atoms with van der Waals surface area (Å²) in [4.78, 5) is 0. The summed E-state index contributed by atoms with van der Waals surface area (Å²) in [6.45, 7) is 10.8. The van der Waals surface area contributed by atoms with E-state index in [0.717, 1.165) is 12.1 Å². The lowest BCUT2D eigenvalue weighted by Gasteiger charge is -2.14. The molecule has 0 radical (unpaired) electrons. The second kappa shape index (κ2) is 5.48. The molecule has 0 saturated carbocycles. The van der Waals surface area contributed by atoms with Gasteiger partial charge in [-0.05, 0) is 33.6 Å². The first kappa shape index (κ1) is 13.2. The minimum Gasteiger partial charge on any atom is -0.324 e. The predicted molar refractivity (Wildman–Crippen MR) is 68.5 cm³/mol. The maximum atomic E-state index is 6.13. The Morgan fingerprint density at radius 1 is 1.31 bits per heavy atom. The fraction of sp³-hybridized carbons (Fsp3) is 0.769. The molecule has 2 unspecified atom stereocenters. The number of nitrogens with zero attached hydrogens (tertiary/aromatic N) is 2. The van der Waals surface area contributed by atoms with Gasteiger partial charge in [-0.3, -0.25) is 4.68 Å². The lowest BCUT2D eigenvalue weighted by Crippen LogP contribution is -2.12. The van der Waals surface area contributed by atoms with E-state index >= 15 is 0 Å². The molecular weight excluding hydrogens is 198 g/mol. The van der Waals surface area contributed by atoms with E-state index in [1.807, 2.05) is 0 Å². The second-order valence-electron chi connectivity index (χ2n) is 4.68. The van der Waals surface area contributed by atoms with Gasteiger partial charge in [0.15, 0.2) is 0 Å². The first-order valence-corrected chi connectivity index (χ1v) is 6.34. The summed E-state index contributed by atoms with van der Waals surface area (Å²) in [6.07, 6.45) is 3.33. The van der Waals surface area contributed by atoms with E-state index in [2.05, 4.69) is 44.4 Å². The summed E-state index contributed by atoms with van der Waals surface area (Å²) >= 11 is 0. The molecule has 0 aliphatic heterocycles. The highest BCUT2D eigenvalue weighted by atomic mass is 15.3. The number of aromatic nitrogens is 2. The molecule has 1 aromatic rings. The molecule has 0 amide bonds. The van der Waals surface area contributed by atoms with Crippen molar-refractivity contribution >= 4 is 0 Å². The number of rotatable bonds is 5. The van der Waals surface area contributed by atoms with E-state index in [1.165, 1.54) is 24.1 Å². The summed E-state index contributed by atoms with van der Waals surface area (Å²) in [5.41, 5.74) is 9.71. The molecule has 92 valence electrons. The smallest absolute Gasteiger partial charge is 0.0644 e. The van der Waals surface area contributed by atoms with Crippen LogP contribution in [-0.4, -0.2) is 9.78 Å². The van der Waals surface area contributed by atoms with E-state index in [9.17, 15) is 0 Å². The molecule has 0 aliphatic rings. The van der Waals surface area contributed by atoms with Crippen molar-refractivity contribution in [3.63, 3.8) is 0 Å². The molecule has 0 saturated heterocycles. The average molecular weight is 223 g/mol. The number of hydrogen-bond acceptors (Lipinski definition) is 2. The lowest BCUT2D eigenvalue weighted by atomic mass is 10.0. The monoisotopic (exact) mass is 223 g/mol. The maximum absolute atomic E-state index is 6.13. The highest BCUT2D eigenvalue weighted by molar-refractivity contribution is 5.28. The largest absolute Gasteiger partial charge is 0.324 e. The van der Waals surface area contributed by atoms with Crippen LogP contribution in [0.2, 0.25) is 0 Å². The number of aryl methyl sites for hydroxylation is 1. The molecule has 0 aromatic carbocycles. The zero-order valence-electron chi connectivity index (χ0n) is 11.2. The molecule has 1 rings (SSSR count). The van der Waals surface area contributed by atoms with E-state index in [0.29, 0.717) is 6.04 Å². The van der Waals surface area contributed by atoms with Gasteiger partial charge in [0.05, 0.1) is 5.69 Å². The SMILES string of the molecule is CCCC(C)n1nc(C)c(C(N)CC)c1C. The van der Waals surface area contributed by atoms with E-state index in [4.69, 9.17) is 5.73 Å². The fourth-order valence-corrected chi connectivity index (χ4v) is 2.39. The molecule has 16 heavy (non-hydrogen) atoms. The van der Waals surface area contributed by atoms with Gasteiger partial charge in [-0.25, -0.2) is 0 Å². The Balaban J connectivity index is 3.06. The zero-order chi connectivity index (χ0) is 12.3. The molecule has 0 aliphatic carbocycles. The minimum atomic E-state index is 0.127. The van der Waals surface area contributed by atoms with Crippen LogP contribution in [0, 0.1) is 13.8 Å². The van der Waals surface area contributed by atoms with E-state index in [1.54, 1.807) is 0 Å². The molecule has 3 nitrogen and oxygen atoms in total. The normalized spacial score (nSPS) is 15.1. The summed E-state index contributed by atoms with van der Waals surface area (Å²) in [6, 6.07) is 0.601. The summed E-state index contributed by atoms with van der Waals surface area (Å²) in [5, 5.41) is 4.63. The Bertz CT molecular complexity index is 341. The maximum Gasteiger partial charge on any atom is 0.0644 e. The first-order valence-electron chi connectivity index (χ1n) is 6.34. The van der Waals surface area contributed by atoms with Crippen molar-refractivity contribution in [3.8, 4) is 0 Å². The van der Waals surface area contributed by atoms with Crippen LogP contribution in [-0.2, 0) is 0 Å². The van der Waals surface area contributed by atoms with Gasteiger partial charge in [0, 0.05) is 23.3 Å². The number of hydrogen-bond donors (Lipinski definition) is 1. The molecule has 0 fully saturated rings. The third-order valence-electron chi connectivity index (χ3n) is 3.32. The van der Waals surface area contributed by atoms with Gasteiger partial charge < -0.3 is 5.73 Å². The van der Waals surface area contributed by atoms with E-state index < -0.39 is 0 Å². The Labute approximate surface area is 99.0 Å². The van der Waals surface area contributed by atoms with Gasteiger partial charge in [-0.2, -0.15) is 5.10 Å². The molecular formula is C13H25N3. The lowest BCUT2D eigenvalue weighted by molar-refractivity contribution is 0.443. The Morgan fingerprint density at radius 2 is 1.94 bits per heavy atom. The van der Waals surface area contributed by atoms with Crippen LogP contribution in [0.15, 0.2) is 0 Å². The van der Waals surface area contributed by atoms with Crippen molar-refractivity contribution in [1.82, 2.24) is 9.78 Å². The van der Waals surface area contributed by atoms with Gasteiger partial charge >= 0.3 is 0 Å². The highest BCUT2D eigenvalue weighted by Crippen LogP contribution is 2.25. The molecule has 2 atom stereocenters. The summed E-state index contributed by atoms with van der Waals surface area (Å²) in [5.74, 6) is 0. The van der Waals surface area contributed by atoms with Gasteiger partial charge in [-0.15, -0.1) is 0 Å². The van der Waals surface area contributed by atoms with Crippen LogP contribution < -0.4 is 5.73 Å². The van der Waals surface area contributed by atoms with Crippen LogP contribution in [0.3, 0.4) is 0 Å². The van der Waals surface area contributed by atoms with Gasteiger partial charge in [0.2, 0.25) is 0 Å².